The van der Waals surface area contributed by atoms with E-state index < -0.39 is 53.8 Å². The summed E-state index contributed by atoms with van der Waals surface area (Å²) in [6, 6.07) is 7.65. The highest BCUT2D eigenvalue weighted by Crippen LogP contribution is 2.29. The first-order valence-electron chi connectivity index (χ1n) is 11.1. The van der Waals surface area contributed by atoms with Gasteiger partial charge < -0.3 is 19.5 Å². The Balaban J connectivity index is 2.15. The van der Waals surface area contributed by atoms with Crippen LogP contribution in [0.4, 0.5) is 9.18 Å². The van der Waals surface area contributed by atoms with E-state index in [0.717, 1.165) is 5.56 Å². The molecule has 0 aromatic heterocycles. The number of hydrogen-bond donors (Lipinski definition) is 1. The fourth-order valence-electron chi connectivity index (χ4n) is 3.99. The molecular formula is C24H35FN2O6. The van der Waals surface area contributed by atoms with E-state index in [1.165, 1.54) is 19.1 Å². The van der Waals surface area contributed by atoms with Crippen molar-refractivity contribution in [3.05, 3.63) is 35.9 Å². The SMILES string of the molecule is COC(=O)C(Cc1ccccc1)NC(=O)[C@H](C)[C@@H](OC)[C@@H]1C[C@H](F)CN1C(=O)OC(C)(C)C. The van der Waals surface area contributed by atoms with Crippen LogP contribution in [-0.4, -0.2) is 73.6 Å². The van der Waals surface area contributed by atoms with Gasteiger partial charge in [0.2, 0.25) is 5.91 Å². The van der Waals surface area contributed by atoms with Crippen LogP contribution in [-0.2, 0) is 30.2 Å². The van der Waals surface area contributed by atoms with E-state index in [0.29, 0.717) is 0 Å². The lowest BCUT2D eigenvalue weighted by Gasteiger charge is -2.34. The Morgan fingerprint density at radius 3 is 2.36 bits per heavy atom. The molecule has 1 unspecified atom stereocenters. The molecule has 9 heteroatoms. The predicted molar refractivity (Wildman–Crippen MR) is 120 cm³/mol. The van der Waals surface area contributed by atoms with Gasteiger partial charge in [0, 0.05) is 20.0 Å². The van der Waals surface area contributed by atoms with Gasteiger partial charge in [0.15, 0.2) is 0 Å². The monoisotopic (exact) mass is 466 g/mol. The number of benzene rings is 1. The minimum Gasteiger partial charge on any atom is -0.467 e. The van der Waals surface area contributed by atoms with Gasteiger partial charge in [0.05, 0.1) is 31.7 Å². The summed E-state index contributed by atoms with van der Waals surface area (Å²) in [4.78, 5) is 39.3. The molecule has 0 spiro atoms. The maximum absolute atomic E-state index is 14.3. The van der Waals surface area contributed by atoms with Gasteiger partial charge in [-0.15, -0.1) is 0 Å². The van der Waals surface area contributed by atoms with E-state index in [4.69, 9.17) is 14.2 Å². The smallest absolute Gasteiger partial charge is 0.410 e. The van der Waals surface area contributed by atoms with Gasteiger partial charge in [-0.3, -0.25) is 9.69 Å². The molecule has 184 valence electrons. The van der Waals surface area contributed by atoms with Crippen LogP contribution in [0.3, 0.4) is 0 Å². The maximum atomic E-state index is 14.3. The number of likely N-dealkylation sites (tertiary alicyclic amines) is 1. The van der Waals surface area contributed by atoms with Crippen LogP contribution in [0.2, 0.25) is 0 Å². The molecular weight excluding hydrogens is 431 g/mol. The van der Waals surface area contributed by atoms with E-state index in [9.17, 15) is 18.8 Å². The van der Waals surface area contributed by atoms with Crippen molar-refractivity contribution in [2.75, 3.05) is 20.8 Å². The summed E-state index contributed by atoms with van der Waals surface area (Å²) in [5, 5.41) is 2.73. The lowest BCUT2D eigenvalue weighted by atomic mass is 9.94. The summed E-state index contributed by atoms with van der Waals surface area (Å²) in [6.45, 7) is 6.68. The highest BCUT2D eigenvalue weighted by atomic mass is 19.1. The average Bonchev–Trinajstić information content (AvgIpc) is 3.14. The van der Waals surface area contributed by atoms with Crippen LogP contribution >= 0.6 is 0 Å². The van der Waals surface area contributed by atoms with Gasteiger partial charge in [-0.25, -0.2) is 14.0 Å². The van der Waals surface area contributed by atoms with Gasteiger partial charge in [0.25, 0.3) is 0 Å². The van der Waals surface area contributed by atoms with Crippen LogP contribution in [0.5, 0.6) is 0 Å². The maximum Gasteiger partial charge on any atom is 0.410 e. The van der Waals surface area contributed by atoms with Crippen molar-refractivity contribution in [2.24, 2.45) is 5.92 Å². The molecule has 0 bridgehead atoms. The molecule has 1 aliphatic heterocycles. The Labute approximate surface area is 194 Å². The molecule has 33 heavy (non-hydrogen) atoms. The van der Waals surface area contributed by atoms with Gasteiger partial charge >= 0.3 is 12.1 Å². The molecule has 1 heterocycles. The van der Waals surface area contributed by atoms with Crippen LogP contribution < -0.4 is 5.32 Å². The molecule has 8 nitrogen and oxygen atoms in total. The third kappa shape index (κ3) is 7.42. The molecule has 2 rings (SSSR count). The molecule has 2 amide bonds. The topological polar surface area (TPSA) is 94.2 Å². The molecule has 1 aliphatic rings. The third-order valence-corrected chi connectivity index (χ3v) is 5.56. The van der Waals surface area contributed by atoms with Crippen molar-refractivity contribution in [1.82, 2.24) is 10.2 Å². The first kappa shape index (κ1) is 26.6. The Hall–Kier alpha value is -2.68. The Kier molecular flexibility index (Phi) is 9.22. The van der Waals surface area contributed by atoms with Gasteiger partial charge in [-0.1, -0.05) is 37.3 Å². The largest absolute Gasteiger partial charge is 0.467 e. The van der Waals surface area contributed by atoms with E-state index in [1.54, 1.807) is 27.7 Å². The molecule has 1 aromatic rings. The number of ether oxygens (including phenoxy) is 3. The lowest BCUT2D eigenvalue weighted by Crippen LogP contribution is -2.53. The van der Waals surface area contributed by atoms with E-state index in [2.05, 4.69) is 5.32 Å². The van der Waals surface area contributed by atoms with Crippen molar-refractivity contribution in [3.63, 3.8) is 0 Å². The summed E-state index contributed by atoms with van der Waals surface area (Å²) in [5.41, 5.74) is 0.114. The summed E-state index contributed by atoms with van der Waals surface area (Å²) < 4.78 is 30.2. The van der Waals surface area contributed by atoms with E-state index in [-0.39, 0.29) is 19.4 Å². The van der Waals surface area contributed by atoms with Crippen LogP contribution in [0.15, 0.2) is 30.3 Å². The summed E-state index contributed by atoms with van der Waals surface area (Å²) in [6.07, 6.45) is -2.42. The lowest BCUT2D eigenvalue weighted by molar-refractivity contribution is -0.146. The number of esters is 1. The number of carbonyl (C=O) groups excluding carboxylic acids is 3. The highest BCUT2D eigenvalue weighted by molar-refractivity contribution is 5.86. The molecule has 5 atom stereocenters. The number of hydrogen-bond acceptors (Lipinski definition) is 6. The van der Waals surface area contributed by atoms with Crippen molar-refractivity contribution < 1.29 is 33.0 Å². The Bertz CT molecular complexity index is 813. The molecule has 1 N–H and O–H groups in total. The number of nitrogens with zero attached hydrogens (tertiary/aromatic N) is 1. The molecule has 1 fully saturated rings. The second-order valence-electron chi connectivity index (χ2n) is 9.30. The zero-order valence-corrected chi connectivity index (χ0v) is 20.2. The number of rotatable bonds is 8. The highest BCUT2D eigenvalue weighted by Gasteiger charge is 2.45. The van der Waals surface area contributed by atoms with Crippen molar-refractivity contribution >= 4 is 18.0 Å². The zero-order valence-electron chi connectivity index (χ0n) is 20.2. The quantitative estimate of drug-likeness (QED) is 0.592. The van der Waals surface area contributed by atoms with Crippen LogP contribution in [0, 0.1) is 5.92 Å². The summed E-state index contributed by atoms with van der Waals surface area (Å²) in [5.74, 6) is -1.81. The van der Waals surface area contributed by atoms with Gasteiger partial charge in [-0.05, 0) is 26.3 Å². The molecule has 1 aromatic carbocycles. The number of halogens is 1. The molecule has 0 aliphatic carbocycles. The normalized spacial score (nSPS) is 21.1. The van der Waals surface area contributed by atoms with Gasteiger partial charge in [-0.2, -0.15) is 0 Å². The van der Waals surface area contributed by atoms with Crippen molar-refractivity contribution in [3.8, 4) is 0 Å². The molecule has 0 radical (unpaired) electrons. The Morgan fingerprint density at radius 1 is 1.18 bits per heavy atom. The number of alkyl halides is 1. The minimum absolute atomic E-state index is 0.0276. The second-order valence-corrected chi connectivity index (χ2v) is 9.30. The first-order chi connectivity index (χ1) is 15.5. The number of methoxy groups -OCH3 is 2. The minimum atomic E-state index is -1.25. The standard InChI is InChI=1S/C24H35FN2O6/c1-15(21(28)26-18(22(29)32-6)12-16-10-8-7-9-11-16)20(31-5)19-13-17(25)14-27(19)23(30)33-24(2,3)4/h7-11,15,17-20H,12-14H2,1-6H3,(H,26,28)/t15-,17+,18?,19+,20-/m1/s1. The van der Waals surface area contributed by atoms with Crippen LogP contribution in [0.1, 0.15) is 39.7 Å². The average molecular weight is 467 g/mol. The van der Waals surface area contributed by atoms with E-state index in [1.807, 2.05) is 30.3 Å². The molecule has 0 saturated carbocycles. The number of amides is 2. The Morgan fingerprint density at radius 2 is 1.82 bits per heavy atom. The van der Waals surface area contributed by atoms with Crippen molar-refractivity contribution in [2.45, 2.75) is 70.5 Å². The first-order valence-corrected chi connectivity index (χ1v) is 11.1. The van der Waals surface area contributed by atoms with Crippen LogP contribution in [0.25, 0.3) is 0 Å². The van der Waals surface area contributed by atoms with Crippen molar-refractivity contribution in [1.29, 1.82) is 0 Å². The zero-order chi connectivity index (χ0) is 24.8. The molecule has 1 saturated heterocycles. The summed E-state index contributed by atoms with van der Waals surface area (Å²) in [7, 11) is 2.67. The van der Waals surface area contributed by atoms with E-state index >= 15 is 0 Å². The number of nitrogens with one attached hydrogen (secondary N) is 1. The number of carbonyl (C=O) groups is 3. The second kappa shape index (κ2) is 11.4. The fourth-order valence-corrected chi connectivity index (χ4v) is 3.99. The predicted octanol–water partition coefficient (Wildman–Crippen LogP) is 2.89. The third-order valence-electron chi connectivity index (χ3n) is 5.56. The fraction of sp³-hybridized carbons (Fsp3) is 0.625. The summed E-state index contributed by atoms with van der Waals surface area (Å²) >= 11 is 0. The van der Waals surface area contributed by atoms with Gasteiger partial charge in [0.1, 0.15) is 17.8 Å².